The summed E-state index contributed by atoms with van der Waals surface area (Å²) in [7, 11) is 0. The van der Waals surface area contributed by atoms with Crippen LogP contribution in [-0.4, -0.2) is 12.6 Å². The van der Waals surface area contributed by atoms with E-state index in [1.54, 1.807) is 12.8 Å². The first kappa shape index (κ1) is 11.1. The van der Waals surface area contributed by atoms with Crippen LogP contribution in [0.1, 0.15) is 52.9 Å². The summed E-state index contributed by atoms with van der Waals surface area (Å²) in [6.07, 6.45) is 7.30. The van der Waals surface area contributed by atoms with E-state index in [1.165, 1.54) is 25.8 Å². The largest absolute Gasteiger partial charge is 0.313 e. The van der Waals surface area contributed by atoms with Gasteiger partial charge in [0.05, 0.1) is 0 Å². The van der Waals surface area contributed by atoms with E-state index in [0.29, 0.717) is 5.41 Å². The molecular weight excluding hydrogens is 194 g/mol. The fourth-order valence-corrected chi connectivity index (χ4v) is 5.45. The molecule has 3 aliphatic rings. The molecule has 1 nitrogen and oxygen atoms in total. The van der Waals surface area contributed by atoms with E-state index in [9.17, 15) is 0 Å². The van der Waals surface area contributed by atoms with E-state index < -0.39 is 0 Å². The van der Waals surface area contributed by atoms with Crippen LogP contribution < -0.4 is 5.32 Å². The summed E-state index contributed by atoms with van der Waals surface area (Å²) in [5, 5.41) is 3.87. The van der Waals surface area contributed by atoms with Gasteiger partial charge in [-0.2, -0.15) is 0 Å². The highest BCUT2D eigenvalue weighted by Gasteiger charge is 2.67. The van der Waals surface area contributed by atoms with E-state index in [-0.39, 0.29) is 0 Å². The summed E-state index contributed by atoms with van der Waals surface area (Å²) in [6.45, 7) is 8.47. The van der Waals surface area contributed by atoms with E-state index in [2.05, 4.69) is 26.1 Å². The third-order valence-corrected chi connectivity index (χ3v) is 6.21. The van der Waals surface area contributed by atoms with Crippen molar-refractivity contribution in [3.63, 3.8) is 0 Å². The topological polar surface area (TPSA) is 12.0 Å². The molecule has 0 saturated heterocycles. The summed E-state index contributed by atoms with van der Waals surface area (Å²) in [4.78, 5) is 0. The lowest BCUT2D eigenvalue weighted by Gasteiger charge is -2.62. The normalized spacial score (nSPS) is 53.8. The summed E-state index contributed by atoms with van der Waals surface area (Å²) >= 11 is 0. The zero-order chi connectivity index (χ0) is 11.3. The van der Waals surface area contributed by atoms with E-state index >= 15 is 0 Å². The first-order chi connectivity index (χ1) is 7.72. The number of rotatable bonds is 4. The first-order valence-electron chi connectivity index (χ1n) is 7.45. The molecular formula is C15H27N. The average Bonchev–Trinajstić information content (AvgIpc) is 2.86. The van der Waals surface area contributed by atoms with Crippen molar-refractivity contribution in [2.75, 3.05) is 6.54 Å². The molecule has 0 radical (unpaired) electrons. The lowest BCUT2D eigenvalue weighted by molar-refractivity contribution is -0.109. The maximum Gasteiger partial charge on any atom is 0.0157 e. The standard InChI is InChI=1S/C15H27N/c1-4-8-16-14-12-10-6-7-11(9-10)13(12)15(14,3)5-2/h10-14,16H,4-9H2,1-3H3. The molecule has 3 fully saturated rings. The van der Waals surface area contributed by atoms with Crippen LogP contribution in [0.25, 0.3) is 0 Å². The molecule has 92 valence electrons. The summed E-state index contributed by atoms with van der Waals surface area (Å²) in [5.74, 6) is 4.31. The van der Waals surface area contributed by atoms with Crippen molar-refractivity contribution in [3.05, 3.63) is 0 Å². The van der Waals surface area contributed by atoms with Gasteiger partial charge in [-0.1, -0.05) is 20.8 Å². The summed E-state index contributed by atoms with van der Waals surface area (Å²) in [6, 6.07) is 0.845. The third-order valence-electron chi connectivity index (χ3n) is 6.21. The van der Waals surface area contributed by atoms with Gasteiger partial charge in [-0.25, -0.2) is 0 Å². The Kier molecular flexibility index (Phi) is 2.58. The molecule has 1 N–H and O–H groups in total. The Bertz CT molecular complexity index is 275. The second-order valence-electron chi connectivity index (χ2n) is 6.73. The van der Waals surface area contributed by atoms with Crippen LogP contribution >= 0.6 is 0 Å². The Labute approximate surface area is 100 Å². The summed E-state index contributed by atoms with van der Waals surface area (Å²) in [5.41, 5.74) is 0.625. The maximum atomic E-state index is 3.87. The Morgan fingerprint density at radius 1 is 1.19 bits per heavy atom. The Morgan fingerprint density at radius 3 is 2.62 bits per heavy atom. The Balaban J connectivity index is 1.77. The fourth-order valence-electron chi connectivity index (χ4n) is 5.45. The maximum absolute atomic E-state index is 3.87. The molecule has 3 aliphatic carbocycles. The summed E-state index contributed by atoms with van der Waals surface area (Å²) < 4.78 is 0. The second-order valence-corrected chi connectivity index (χ2v) is 6.73. The number of hydrogen-bond acceptors (Lipinski definition) is 1. The minimum Gasteiger partial charge on any atom is -0.313 e. The van der Waals surface area contributed by atoms with Crippen LogP contribution in [0.5, 0.6) is 0 Å². The van der Waals surface area contributed by atoms with Crippen LogP contribution in [0.2, 0.25) is 0 Å². The average molecular weight is 221 g/mol. The SMILES string of the molecule is CCCNC1C2C3CCC(C3)C2C1(C)CC. The lowest BCUT2D eigenvalue weighted by atomic mass is 9.46. The minimum atomic E-state index is 0.625. The van der Waals surface area contributed by atoms with Crippen molar-refractivity contribution in [1.82, 2.24) is 5.32 Å². The molecule has 2 bridgehead atoms. The van der Waals surface area contributed by atoms with Crippen LogP contribution in [0.3, 0.4) is 0 Å². The third kappa shape index (κ3) is 1.21. The van der Waals surface area contributed by atoms with Gasteiger partial charge in [0, 0.05) is 6.04 Å². The molecule has 3 saturated carbocycles. The minimum absolute atomic E-state index is 0.625. The van der Waals surface area contributed by atoms with Gasteiger partial charge < -0.3 is 5.32 Å². The van der Waals surface area contributed by atoms with Crippen molar-refractivity contribution in [3.8, 4) is 0 Å². The molecule has 0 amide bonds. The van der Waals surface area contributed by atoms with Crippen molar-refractivity contribution >= 4 is 0 Å². The Hall–Kier alpha value is -0.0400. The van der Waals surface area contributed by atoms with Crippen molar-refractivity contribution in [1.29, 1.82) is 0 Å². The first-order valence-corrected chi connectivity index (χ1v) is 7.45. The second kappa shape index (κ2) is 3.73. The van der Waals surface area contributed by atoms with Crippen LogP contribution in [0.15, 0.2) is 0 Å². The molecule has 6 unspecified atom stereocenters. The van der Waals surface area contributed by atoms with E-state index in [0.717, 1.165) is 29.7 Å². The van der Waals surface area contributed by atoms with Crippen molar-refractivity contribution in [2.45, 2.75) is 58.9 Å². The monoisotopic (exact) mass is 221 g/mol. The van der Waals surface area contributed by atoms with Crippen LogP contribution in [-0.2, 0) is 0 Å². The molecule has 0 aromatic heterocycles. The molecule has 16 heavy (non-hydrogen) atoms. The molecule has 1 heteroatoms. The van der Waals surface area contributed by atoms with Gasteiger partial charge in [0.25, 0.3) is 0 Å². The zero-order valence-corrected chi connectivity index (χ0v) is 11.1. The Morgan fingerprint density at radius 2 is 1.94 bits per heavy atom. The van der Waals surface area contributed by atoms with Gasteiger partial charge in [-0.3, -0.25) is 0 Å². The molecule has 0 spiro atoms. The highest BCUT2D eigenvalue weighted by Crippen LogP contribution is 2.69. The van der Waals surface area contributed by atoms with Gasteiger partial charge in [0.2, 0.25) is 0 Å². The van der Waals surface area contributed by atoms with Gasteiger partial charge in [0.1, 0.15) is 0 Å². The van der Waals surface area contributed by atoms with Gasteiger partial charge in [0.15, 0.2) is 0 Å². The molecule has 0 aromatic rings. The number of fused-ring (bicyclic) bond motifs is 5. The van der Waals surface area contributed by atoms with Crippen molar-refractivity contribution in [2.24, 2.45) is 29.1 Å². The zero-order valence-electron chi connectivity index (χ0n) is 11.1. The lowest BCUT2D eigenvalue weighted by Crippen LogP contribution is -2.66. The smallest absolute Gasteiger partial charge is 0.0157 e. The molecule has 0 aromatic carbocycles. The molecule has 6 atom stereocenters. The van der Waals surface area contributed by atoms with Gasteiger partial charge in [-0.05, 0) is 67.7 Å². The van der Waals surface area contributed by atoms with Crippen LogP contribution in [0.4, 0.5) is 0 Å². The predicted molar refractivity (Wildman–Crippen MR) is 68.3 cm³/mol. The predicted octanol–water partition coefficient (Wildman–Crippen LogP) is 3.45. The highest BCUT2D eigenvalue weighted by atomic mass is 15.0. The fraction of sp³-hybridized carbons (Fsp3) is 1.00. The highest BCUT2D eigenvalue weighted by molar-refractivity contribution is 5.18. The van der Waals surface area contributed by atoms with Gasteiger partial charge >= 0.3 is 0 Å². The van der Waals surface area contributed by atoms with Gasteiger partial charge in [-0.15, -0.1) is 0 Å². The molecule has 0 aliphatic heterocycles. The van der Waals surface area contributed by atoms with Crippen LogP contribution in [0, 0.1) is 29.1 Å². The number of nitrogens with one attached hydrogen (secondary N) is 1. The van der Waals surface area contributed by atoms with E-state index in [1.807, 2.05) is 0 Å². The van der Waals surface area contributed by atoms with Crippen molar-refractivity contribution < 1.29 is 0 Å². The molecule has 0 heterocycles. The molecule has 3 rings (SSSR count). The quantitative estimate of drug-likeness (QED) is 0.767. The van der Waals surface area contributed by atoms with E-state index in [4.69, 9.17) is 0 Å². The number of hydrogen-bond donors (Lipinski definition) is 1.